The maximum absolute atomic E-state index is 11.5. The molecule has 2 heterocycles. The highest BCUT2D eigenvalue weighted by molar-refractivity contribution is 6.07. The molecule has 1 N–H and O–H groups in total. The van der Waals surface area contributed by atoms with Crippen LogP contribution in [0.1, 0.15) is 0 Å². The zero-order chi connectivity index (χ0) is 11.5. The fraction of sp³-hybridized carbons (Fsp3) is 0.100. The highest BCUT2D eigenvalue weighted by atomic mass is 16.5. The third kappa shape index (κ3) is 1.85. The maximum atomic E-state index is 11.5. The highest BCUT2D eigenvalue weighted by Gasteiger charge is 2.23. The fourth-order valence-corrected chi connectivity index (χ4v) is 1.16. The van der Waals surface area contributed by atoms with Crippen LogP contribution in [0.15, 0.2) is 30.2 Å². The number of methoxy groups -OCH3 is 1. The van der Waals surface area contributed by atoms with Crippen LogP contribution in [0.4, 0.5) is 5.82 Å². The lowest BCUT2D eigenvalue weighted by atomic mass is 10.3. The normalized spacial score (nSPS) is 16.1. The largest absolute Gasteiger partial charge is 0.466 e. The molecule has 0 fully saturated rings. The first-order valence-corrected chi connectivity index (χ1v) is 4.44. The molecule has 0 radical (unpaired) electrons. The van der Waals surface area contributed by atoms with Crippen LogP contribution in [-0.2, 0) is 14.3 Å². The molecule has 0 bridgehead atoms. The Bertz CT molecular complexity index is 481. The molecule has 0 saturated heterocycles. The van der Waals surface area contributed by atoms with E-state index in [9.17, 15) is 9.59 Å². The number of hydrogen-bond donors (Lipinski definition) is 1. The van der Waals surface area contributed by atoms with E-state index in [1.165, 1.54) is 13.3 Å². The predicted molar refractivity (Wildman–Crippen MR) is 53.6 cm³/mol. The van der Waals surface area contributed by atoms with Crippen molar-refractivity contribution >= 4 is 17.7 Å². The molecule has 1 aliphatic heterocycles. The zero-order valence-corrected chi connectivity index (χ0v) is 8.39. The van der Waals surface area contributed by atoms with Crippen molar-refractivity contribution in [1.29, 1.82) is 0 Å². The molecule has 0 atom stereocenters. The van der Waals surface area contributed by atoms with Gasteiger partial charge >= 0.3 is 5.97 Å². The van der Waals surface area contributed by atoms with E-state index in [1.807, 2.05) is 0 Å². The smallest absolute Gasteiger partial charge is 0.334 e. The molecule has 6 heteroatoms. The van der Waals surface area contributed by atoms with E-state index in [1.54, 1.807) is 12.1 Å². The Labute approximate surface area is 90.9 Å². The first-order chi connectivity index (χ1) is 7.70. The minimum Gasteiger partial charge on any atom is -0.466 e. The topological polar surface area (TPSA) is 77.5 Å². The highest BCUT2D eigenvalue weighted by Crippen LogP contribution is 2.27. The third-order valence-electron chi connectivity index (χ3n) is 1.90. The molecule has 0 spiro atoms. The van der Waals surface area contributed by atoms with E-state index < -0.39 is 11.9 Å². The first-order valence-electron chi connectivity index (χ1n) is 4.44. The zero-order valence-electron chi connectivity index (χ0n) is 8.39. The second kappa shape index (κ2) is 4.01. The number of anilines is 1. The molecule has 1 aliphatic rings. The second-order valence-corrected chi connectivity index (χ2v) is 2.94. The van der Waals surface area contributed by atoms with Crippen molar-refractivity contribution in [2.24, 2.45) is 0 Å². The first kappa shape index (κ1) is 10.2. The average Bonchev–Trinajstić information content (AvgIpc) is 2.30. The van der Waals surface area contributed by atoms with Gasteiger partial charge in [-0.15, -0.1) is 0 Å². The molecule has 82 valence electrons. The molecule has 1 amide bonds. The minimum atomic E-state index is -0.655. The number of fused-ring (bicyclic) bond motifs is 1. The molecule has 1 aromatic rings. The summed E-state index contributed by atoms with van der Waals surface area (Å²) in [6.45, 7) is 0. The van der Waals surface area contributed by atoms with Crippen LogP contribution in [0.5, 0.6) is 5.75 Å². The number of nitrogens with one attached hydrogen (secondary N) is 1. The summed E-state index contributed by atoms with van der Waals surface area (Å²) in [6.07, 6.45) is 2.50. The molecule has 0 aliphatic carbocycles. The summed E-state index contributed by atoms with van der Waals surface area (Å²) in [4.78, 5) is 26.3. The Morgan fingerprint density at radius 3 is 3.19 bits per heavy atom. The van der Waals surface area contributed by atoms with Gasteiger partial charge in [0.15, 0.2) is 17.3 Å². The van der Waals surface area contributed by atoms with Crippen LogP contribution in [-0.4, -0.2) is 24.0 Å². The third-order valence-corrected chi connectivity index (χ3v) is 1.90. The van der Waals surface area contributed by atoms with Gasteiger partial charge in [0.25, 0.3) is 5.91 Å². The van der Waals surface area contributed by atoms with Gasteiger partial charge < -0.3 is 14.8 Å². The summed E-state index contributed by atoms with van der Waals surface area (Å²) in [6, 6.07) is 3.29. The Kier molecular flexibility index (Phi) is 2.55. The number of pyridine rings is 1. The summed E-state index contributed by atoms with van der Waals surface area (Å²) < 4.78 is 9.60. The Morgan fingerprint density at radius 1 is 1.62 bits per heavy atom. The van der Waals surface area contributed by atoms with E-state index in [-0.39, 0.29) is 5.76 Å². The minimum absolute atomic E-state index is 0.118. The number of hydrogen-bond acceptors (Lipinski definition) is 5. The molecular formula is C10H8N2O4. The van der Waals surface area contributed by atoms with Gasteiger partial charge in [0.1, 0.15) is 0 Å². The van der Waals surface area contributed by atoms with Gasteiger partial charge in [-0.3, -0.25) is 4.79 Å². The lowest BCUT2D eigenvalue weighted by Crippen LogP contribution is -2.25. The van der Waals surface area contributed by atoms with Crippen molar-refractivity contribution in [1.82, 2.24) is 4.98 Å². The van der Waals surface area contributed by atoms with Gasteiger partial charge in [0, 0.05) is 6.20 Å². The maximum Gasteiger partial charge on any atom is 0.334 e. The molecular weight excluding hydrogens is 212 g/mol. The summed E-state index contributed by atoms with van der Waals surface area (Å²) >= 11 is 0. The van der Waals surface area contributed by atoms with Gasteiger partial charge in [0.2, 0.25) is 0 Å². The SMILES string of the molecule is COC(=O)/C=C1/Oc2cccnc2NC1=O. The van der Waals surface area contributed by atoms with Gasteiger partial charge in [0.05, 0.1) is 13.2 Å². The molecule has 2 rings (SSSR count). The van der Waals surface area contributed by atoms with Crippen molar-refractivity contribution in [3.63, 3.8) is 0 Å². The number of ether oxygens (including phenoxy) is 2. The monoisotopic (exact) mass is 220 g/mol. The van der Waals surface area contributed by atoms with Crippen LogP contribution in [0.3, 0.4) is 0 Å². The molecule has 0 saturated carbocycles. The number of rotatable bonds is 1. The fourth-order valence-electron chi connectivity index (χ4n) is 1.16. The summed E-state index contributed by atoms with van der Waals surface area (Å²) in [7, 11) is 1.22. The summed E-state index contributed by atoms with van der Waals surface area (Å²) in [5.41, 5.74) is 0. The number of aromatic nitrogens is 1. The van der Waals surface area contributed by atoms with Crippen molar-refractivity contribution in [2.75, 3.05) is 12.4 Å². The van der Waals surface area contributed by atoms with Crippen LogP contribution < -0.4 is 10.1 Å². The van der Waals surface area contributed by atoms with Crippen molar-refractivity contribution in [2.45, 2.75) is 0 Å². The summed E-state index contributed by atoms with van der Waals surface area (Å²) in [5, 5.41) is 2.49. The molecule has 0 unspecified atom stereocenters. The molecule has 6 nitrogen and oxygen atoms in total. The van der Waals surface area contributed by atoms with Crippen LogP contribution >= 0.6 is 0 Å². The van der Waals surface area contributed by atoms with E-state index in [2.05, 4.69) is 15.0 Å². The van der Waals surface area contributed by atoms with Gasteiger partial charge in [-0.05, 0) is 12.1 Å². The number of esters is 1. The quantitative estimate of drug-likeness (QED) is 0.549. The molecule has 16 heavy (non-hydrogen) atoms. The van der Waals surface area contributed by atoms with Crippen molar-refractivity contribution in [3.05, 3.63) is 30.2 Å². The second-order valence-electron chi connectivity index (χ2n) is 2.94. The van der Waals surface area contributed by atoms with E-state index in [0.717, 1.165) is 6.08 Å². The molecule has 1 aromatic heterocycles. The van der Waals surface area contributed by atoms with E-state index >= 15 is 0 Å². The Balaban J connectivity index is 2.31. The van der Waals surface area contributed by atoms with Gasteiger partial charge in [-0.25, -0.2) is 9.78 Å². The van der Waals surface area contributed by atoms with Crippen molar-refractivity contribution < 1.29 is 19.1 Å². The van der Waals surface area contributed by atoms with Crippen LogP contribution in [0.25, 0.3) is 0 Å². The van der Waals surface area contributed by atoms with E-state index in [0.29, 0.717) is 11.6 Å². The lowest BCUT2D eigenvalue weighted by Gasteiger charge is -2.17. The van der Waals surface area contributed by atoms with E-state index in [4.69, 9.17) is 4.74 Å². The molecule has 0 aromatic carbocycles. The van der Waals surface area contributed by atoms with Crippen LogP contribution in [0.2, 0.25) is 0 Å². The Morgan fingerprint density at radius 2 is 2.44 bits per heavy atom. The predicted octanol–water partition coefficient (Wildman–Crippen LogP) is 0.469. The Hall–Kier alpha value is -2.37. The van der Waals surface area contributed by atoms with Crippen molar-refractivity contribution in [3.8, 4) is 5.75 Å². The number of carbonyl (C=O) groups excluding carboxylic acids is 2. The average molecular weight is 220 g/mol. The number of nitrogens with zero attached hydrogens (tertiary/aromatic N) is 1. The van der Waals surface area contributed by atoms with Gasteiger partial charge in [-0.1, -0.05) is 0 Å². The standard InChI is InChI=1S/C10H8N2O4/c1-15-8(13)5-7-10(14)12-9-6(16-7)3-2-4-11-9/h2-5H,1H3,(H,11,12,14)/b7-5+. The number of carbonyl (C=O) groups is 2. The van der Waals surface area contributed by atoms with Gasteiger partial charge in [-0.2, -0.15) is 0 Å². The lowest BCUT2D eigenvalue weighted by molar-refractivity contribution is -0.135. The van der Waals surface area contributed by atoms with Crippen LogP contribution in [0, 0.1) is 0 Å². The number of amides is 1. The summed E-state index contributed by atoms with van der Waals surface area (Å²) in [5.74, 6) is -0.590.